The summed E-state index contributed by atoms with van der Waals surface area (Å²) in [5.74, 6) is -0.468. The van der Waals surface area contributed by atoms with Crippen molar-refractivity contribution in [2.45, 2.75) is 19.9 Å². The summed E-state index contributed by atoms with van der Waals surface area (Å²) in [5, 5.41) is 6.71. The second kappa shape index (κ2) is 8.09. The molecule has 2 heterocycles. The highest BCUT2D eigenvalue weighted by atomic mass is 35.5. The van der Waals surface area contributed by atoms with Crippen molar-refractivity contribution < 1.29 is 23.8 Å². The summed E-state index contributed by atoms with van der Waals surface area (Å²) in [6.45, 7) is 1.79. The topological polar surface area (TPSA) is 109 Å². The third-order valence-electron chi connectivity index (χ3n) is 3.58. The van der Waals surface area contributed by atoms with Crippen LogP contribution in [0.3, 0.4) is 0 Å². The number of hydrogen-bond donors (Lipinski definition) is 1. The van der Waals surface area contributed by atoms with Gasteiger partial charge < -0.3 is 19.5 Å². The van der Waals surface area contributed by atoms with E-state index >= 15 is 0 Å². The first-order chi connectivity index (χ1) is 13.0. The molecule has 142 valence electrons. The van der Waals surface area contributed by atoms with Gasteiger partial charge in [0.05, 0.1) is 10.7 Å². The van der Waals surface area contributed by atoms with Gasteiger partial charge in [-0.2, -0.15) is 5.10 Å². The normalized spacial score (nSPS) is 11.9. The van der Waals surface area contributed by atoms with Gasteiger partial charge in [0.25, 0.3) is 11.5 Å². The van der Waals surface area contributed by atoms with E-state index in [9.17, 15) is 14.4 Å². The van der Waals surface area contributed by atoms with Crippen LogP contribution in [0.15, 0.2) is 29.1 Å². The molecule has 2 aromatic rings. The highest BCUT2D eigenvalue weighted by Crippen LogP contribution is 2.39. The van der Waals surface area contributed by atoms with Gasteiger partial charge in [0, 0.05) is 24.7 Å². The Balaban J connectivity index is 1.60. The van der Waals surface area contributed by atoms with Crippen LogP contribution < -0.4 is 20.3 Å². The van der Waals surface area contributed by atoms with Gasteiger partial charge in [-0.25, -0.2) is 9.48 Å². The maximum absolute atomic E-state index is 12.0. The van der Waals surface area contributed by atoms with E-state index in [2.05, 4.69) is 10.4 Å². The molecule has 0 atom stereocenters. The zero-order valence-electron chi connectivity index (χ0n) is 14.4. The Morgan fingerprint density at radius 1 is 1.30 bits per heavy atom. The number of esters is 1. The van der Waals surface area contributed by atoms with Crippen LogP contribution in [0.4, 0.5) is 5.69 Å². The molecule has 27 heavy (non-hydrogen) atoms. The largest absolute Gasteiger partial charge is 0.454 e. The number of carbonyl (C=O) groups is 2. The van der Waals surface area contributed by atoms with Crippen molar-refractivity contribution in [1.82, 2.24) is 9.78 Å². The van der Waals surface area contributed by atoms with Crippen LogP contribution in [0.5, 0.6) is 11.5 Å². The Hall–Kier alpha value is -3.07. The van der Waals surface area contributed by atoms with E-state index in [0.717, 1.165) is 0 Å². The van der Waals surface area contributed by atoms with E-state index in [0.29, 0.717) is 30.2 Å². The van der Waals surface area contributed by atoms with Crippen molar-refractivity contribution in [2.24, 2.45) is 0 Å². The second-order valence-corrected chi connectivity index (χ2v) is 6.00. The SMILES string of the molecule is CCCn1nc(C(=O)OCC(=O)Nc2cc3c(cc2Cl)OCO3)ccc1=O. The van der Waals surface area contributed by atoms with Crippen LogP contribution in [-0.2, 0) is 16.1 Å². The molecule has 0 spiro atoms. The molecule has 1 aliphatic rings. The summed E-state index contributed by atoms with van der Waals surface area (Å²) in [6.07, 6.45) is 0.685. The third kappa shape index (κ3) is 4.37. The molecule has 0 saturated heterocycles. The van der Waals surface area contributed by atoms with Crippen molar-refractivity contribution in [2.75, 3.05) is 18.7 Å². The fourth-order valence-corrected chi connectivity index (χ4v) is 2.53. The highest BCUT2D eigenvalue weighted by molar-refractivity contribution is 6.34. The molecule has 1 N–H and O–H groups in total. The average molecular weight is 394 g/mol. The summed E-state index contributed by atoms with van der Waals surface area (Å²) in [6, 6.07) is 5.52. The van der Waals surface area contributed by atoms with Gasteiger partial charge >= 0.3 is 5.97 Å². The van der Waals surface area contributed by atoms with Crippen LogP contribution in [0.25, 0.3) is 0 Å². The Labute approximate surface area is 158 Å². The van der Waals surface area contributed by atoms with Crippen molar-refractivity contribution >= 4 is 29.2 Å². The quantitative estimate of drug-likeness (QED) is 0.745. The molecule has 10 heteroatoms. The zero-order valence-corrected chi connectivity index (χ0v) is 15.1. The summed E-state index contributed by atoms with van der Waals surface area (Å²) < 4.78 is 16.5. The zero-order chi connectivity index (χ0) is 19.4. The van der Waals surface area contributed by atoms with Gasteiger partial charge in [0.1, 0.15) is 0 Å². The molecule has 0 saturated carbocycles. The van der Waals surface area contributed by atoms with Crippen LogP contribution in [0, 0.1) is 0 Å². The molecule has 0 aliphatic carbocycles. The maximum Gasteiger partial charge on any atom is 0.359 e. The minimum Gasteiger partial charge on any atom is -0.454 e. The van der Waals surface area contributed by atoms with Gasteiger partial charge in [0.15, 0.2) is 23.8 Å². The van der Waals surface area contributed by atoms with E-state index < -0.39 is 18.5 Å². The molecule has 9 nitrogen and oxygen atoms in total. The first-order valence-electron chi connectivity index (χ1n) is 8.12. The number of nitrogens with one attached hydrogen (secondary N) is 1. The lowest BCUT2D eigenvalue weighted by atomic mass is 10.2. The summed E-state index contributed by atoms with van der Waals surface area (Å²) in [7, 11) is 0. The lowest BCUT2D eigenvalue weighted by Gasteiger charge is -2.09. The Morgan fingerprint density at radius 2 is 2.04 bits per heavy atom. The molecule has 1 aliphatic heterocycles. The molecule has 0 fully saturated rings. The number of aryl methyl sites for hydroxylation is 1. The number of ether oxygens (including phenoxy) is 3. The van der Waals surface area contributed by atoms with E-state index in [1.807, 2.05) is 6.92 Å². The average Bonchev–Trinajstić information content (AvgIpc) is 3.09. The van der Waals surface area contributed by atoms with Gasteiger partial charge in [-0.05, 0) is 12.5 Å². The standard InChI is InChI=1S/C17H16ClN3O6/c1-2-5-21-16(23)4-3-11(20-21)17(24)25-8-15(22)19-12-7-14-13(6-10(12)18)26-9-27-14/h3-4,6-7H,2,5,8-9H2,1H3,(H,19,22). The van der Waals surface area contributed by atoms with Crippen LogP contribution >= 0.6 is 11.6 Å². The summed E-state index contributed by atoms with van der Waals surface area (Å²) in [5.41, 5.74) is -0.0721. The van der Waals surface area contributed by atoms with Crippen molar-refractivity contribution in [3.05, 3.63) is 45.3 Å². The van der Waals surface area contributed by atoms with Crippen LogP contribution in [-0.4, -0.2) is 35.1 Å². The van der Waals surface area contributed by atoms with Gasteiger partial charge in [-0.1, -0.05) is 18.5 Å². The highest BCUT2D eigenvalue weighted by Gasteiger charge is 2.19. The molecule has 0 unspecified atom stereocenters. The van der Waals surface area contributed by atoms with E-state index in [1.165, 1.54) is 28.9 Å². The lowest BCUT2D eigenvalue weighted by molar-refractivity contribution is -0.119. The number of carbonyl (C=O) groups excluding carboxylic acids is 2. The fourth-order valence-electron chi connectivity index (χ4n) is 2.33. The molecular formula is C17H16ClN3O6. The number of benzene rings is 1. The predicted octanol–water partition coefficient (Wildman–Crippen LogP) is 1.83. The molecule has 0 bridgehead atoms. The molecule has 0 radical (unpaired) electrons. The first kappa shape index (κ1) is 18.7. The van der Waals surface area contributed by atoms with E-state index in [1.54, 1.807) is 0 Å². The molecular weight excluding hydrogens is 378 g/mol. The van der Waals surface area contributed by atoms with Crippen LogP contribution in [0.2, 0.25) is 5.02 Å². The van der Waals surface area contributed by atoms with Gasteiger partial charge in [-0.3, -0.25) is 9.59 Å². The van der Waals surface area contributed by atoms with Gasteiger partial charge in [0.2, 0.25) is 6.79 Å². The number of halogens is 1. The summed E-state index contributed by atoms with van der Waals surface area (Å²) in [4.78, 5) is 35.7. The molecule has 1 amide bonds. The third-order valence-corrected chi connectivity index (χ3v) is 3.89. The van der Waals surface area contributed by atoms with Crippen LogP contribution in [0.1, 0.15) is 23.8 Å². The number of hydrogen-bond acceptors (Lipinski definition) is 7. The van der Waals surface area contributed by atoms with E-state index in [-0.39, 0.29) is 23.1 Å². The van der Waals surface area contributed by atoms with Crippen molar-refractivity contribution in [1.29, 1.82) is 0 Å². The van der Waals surface area contributed by atoms with E-state index in [4.69, 9.17) is 25.8 Å². The number of aromatic nitrogens is 2. The maximum atomic E-state index is 12.0. The molecule has 1 aromatic heterocycles. The Kier molecular flexibility index (Phi) is 5.60. The number of amides is 1. The van der Waals surface area contributed by atoms with Crippen molar-refractivity contribution in [3.63, 3.8) is 0 Å². The van der Waals surface area contributed by atoms with Gasteiger partial charge in [-0.15, -0.1) is 0 Å². The minimum atomic E-state index is -0.813. The fraction of sp³-hybridized carbons (Fsp3) is 0.294. The Morgan fingerprint density at radius 3 is 2.78 bits per heavy atom. The number of fused-ring (bicyclic) bond motifs is 1. The number of rotatable bonds is 6. The molecule has 1 aromatic carbocycles. The summed E-state index contributed by atoms with van der Waals surface area (Å²) >= 11 is 6.07. The predicted molar refractivity (Wildman–Crippen MR) is 95.3 cm³/mol. The second-order valence-electron chi connectivity index (χ2n) is 5.59. The monoisotopic (exact) mass is 393 g/mol. The number of nitrogens with zero attached hydrogens (tertiary/aromatic N) is 2. The number of anilines is 1. The lowest BCUT2D eigenvalue weighted by Crippen LogP contribution is -2.26. The Bertz CT molecular complexity index is 943. The van der Waals surface area contributed by atoms with Crippen molar-refractivity contribution in [3.8, 4) is 11.5 Å². The smallest absolute Gasteiger partial charge is 0.359 e. The first-order valence-corrected chi connectivity index (χ1v) is 8.50. The minimum absolute atomic E-state index is 0.0584. The molecule has 3 rings (SSSR count).